The van der Waals surface area contributed by atoms with E-state index in [9.17, 15) is 18.0 Å². The fraction of sp³-hybridized carbons (Fsp3) is 0.333. The number of nitrogens with one attached hydrogen (secondary N) is 1. The van der Waals surface area contributed by atoms with Crippen LogP contribution in [0.1, 0.15) is 16.8 Å². The van der Waals surface area contributed by atoms with Gasteiger partial charge in [0, 0.05) is 26.1 Å². The molecule has 6 nitrogen and oxygen atoms in total. The molecule has 0 spiro atoms. The number of aromatic amines is 1. The van der Waals surface area contributed by atoms with Gasteiger partial charge in [-0.15, -0.1) is 13.2 Å². The fourth-order valence-electron chi connectivity index (χ4n) is 2.69. The smallest absolute Gasteiger partial charge is 0.406 e. The van der Waals surface area contributed by atoms with Crippen molar-refractivity contribution < 1.29 is 17.9 Å². The van der Waals surface area contributed by atoms with Crippen LogP contribution < -0.4 is 16.0 Å². The first-order chi connectivity index (χ1) is 11.3. The van der Waals surface area contributed by atoms with Crippen LogP contribution in [0.15, 0.2) is 29.1 Å². The first kappa shape index (κ1) is 16.3. The molecule has 9 heteroatoms. The SMILES string of the molecule is Nc1nc2c(c(=O)[nH]1)CN(Cc1ccc(OC(F)(F)F)cc1)CC2. The Morgan fingerprint density at radius 3 is 2.67 bits per heavy atom. The Hall–Kier alpha value is -2.55. The second kappa shape index (κ2) is 6.16. The number of rotatable bonds is 3. The molecule has 1 aromatic carbocycles. The molecule has 2 heterocycles. The Bertz CT molecular complexity index is 787. The highest BCUT2D eigenvalue weighted by Crippen LogP contribution is 2.23. The van der Waals surface area contributed by atoms with Crippen molar-refractivity contribution in [2.75, 3.05) is 12.3 Å². The molecular weight excluding hydrogens is 325 g/mol. The second-order valence-corrected chi connectivity index (χ2v) is 5.53. The number of anilines is 1. The number of nitrogens with two attached hydrogens (primary N) is 1. The number of nitrogens with zero attached hydrogens (tertiary/aromatic N) is 2. The van der Waals surface area contributed by atoms with Crippen LogP contribution in [0.25, 0.3) is 0 Å². The number of nitrogen functional groups attached to an aromatic ring is 1. The van der Waals surface area contributed by atoms with Crippen molar-refractivity contribution in [3.63, 3.8) is 0 Å². The molecule has 1 aliphatic heterocycles. The minimum atomic E-state index is -4.70. The maximum absolute atomic E-state index is 12.1. The zero-order valence-corrected chi connectivity index (χ0v) is 12.6. The average Bonchev–Trinajstić information content (AvgIpc) is 2.48. The van der Waals surface area contributed by atoms with Crippen molar-refractivity contribution in [2.24, 2.45) is 0 Å². The van der Waals surface area contributed by atoms with Gasteiger partial charge in [0.05, 0.1) is 11.3 Å². The van der Waals surface area contributed by atoms with E-state index < -0.39 is 6.36 Å². The summed E-state index contributed by atoms with van der Waals surface area (Å²) < 4.78 is 40.3. The van der Waals surface area contributed by atoms with E-state index in [2.05, 4.69) is 14.7 Å². The summed E-state index contributed by atoms with van der Waals surface area (Å²) in [7, 11) is 0. The largest absolute Gasteiger partial charge is 0.573 e. The van der Waals surface area contributed by atoms with E-state index in [1.807, 2.05) is 4.90 Å². The first-order valence-electron chi connectivity index (χ1n) is 7.25. The molecule has 0 fully saturated rings. The van der Waals surface area contributed by atoms with Gasteiger partial charge in [0.25, 0.3) is 5.56 Å². The van der Waals surface area contributed by atoms with E-state index in [-0.39, 0.29) is 17.3 Å². The predicted molar refractivity (Wildman–Crippen MR) is 80.2 cm³/mol. The molecule has 1 aromatic heterocycles. The van der Waals surface area contributed by atoms with Crippen LogP contribution in [-0.2, 0) is 19.5 Å². The average molecular weight is 340 g/mol. The number of H-pyrrole nitrogens is 1. The third kappa shape index (κ3) is 3.85. The third-order valence-electron chi connectivity index (χ3n) is 3.73. The van der Waals surface area contributed by atoms with E-state index in [1.165, 1.54) is 12.1 Å². The van der Waals surface area contributed by atoms with Crippen LogP contribution in [0, 0.1) is 0 Å². The molecule has 2 aromatic rings. The van der Waals surface area contributed by atoms with Crippen molar-refractivity contribution in [2.45, 2.75) is 25.9 Å². The van der Waals surface area contributed by atoms with Gasteiger partial charge in [-0.1, -0.05) is 12.1 Å². The molecular formula is C15H15F3N4O2. The Morgan fingerprint density at radius 2 is 2.00 bits per heavy atom. The lowest BCUT2D eigenvalue weighted by atomic mass is 10.1. The zero-order valence-electron chi connectivity index (χ0n) is 12.6. The summed E-state index contributed by atoms with van der Waals surface area (Å²) in [4.78, 5) is 20.6. The molecule has 0 saturated heterocycles. The first-order valence-corrected chi connectivity index (χ1v) is 7.25. The molecule has 0 bridgehead atoms. The van der Waals surface area contributed by atoms with Gasteiger partial charge in [-0.2, -0.15) is 0 Å². The highest BCUT2D eigenvalue weighted by atomic mass is 19.4. The number of hydrogen-bond donors (Lipinski definition) is 2. The monoisotopic (exact) mass is 340 g/mol. The van der Waals surface area contributed by atoms with Gasteiger partial charge >= 0.3 is 6.36 Å². The predicted octanol–water partition coefficient (Wildman–Crippen LogP) is 1.81. The molecule has 3 rings (SSSR count). The van der Waals surface area contributed by atoms with Crippen LogP contribution in [0.2, 0.25) is 0 Å². The normalized spacial score (nSPS) is 15.1. The van der Waals surface area contributed by atoms with E-state index in [0.717, 1.165) is 5.56 Å². The van der Waals surface area contributed by atoms with Crippen LogP contribution in [-0.4, -0.2) is 27.8 Å². The molecule has 0 radical (unpaired) electrons. The van der Waals surface area contributed by atoms with Crippen LogP contribution in [0.4, 0.5) is 19.1 Å². The molecule has 3 N–H and O–H groups in total. The molecule has 0 aliphatic carbocycles. The molecule has 0 saturated carbocycles. The number of benzene rings is 1. The Balaban J connectivity index is 1.68. The fourth-order valence-corrected chi connectivity index (χ4v) is 2.69. The molecule has 24 heavy (non-hydrogen) atoms. The maximum atomic E-state index is 12.1. The summed E-state index contributed by atoms with van der Waals surface area (Å²) in [5.41, 5.74) is 7.37. The van der Waals surface area contributed by atoms with Crippen molar-refractivity contribution in [1.82, 2.24) is 14.9 Å². The summed E-state index contributed by atoms with van der Waals surface area (Å²) in [6.45, 7) is 1.61. The molecule has 1 aliphatic rings. The Labute approximate surface area is 135 Å². The third-order valence-corrected chi connectivity index (χ3v) is 3.73. The lowest BCUT2D eigenvalue weighted by Gasteiger charge is -2.27. The van der Waals surface area contributed by atoms with Gasteiger partial charge in [-0.05, 0) is 17.7 Å². The summed E-state index contributed by atoms with van der Waals surface area (Å²) in [5, 5.41) is 0. The van der Waals surface area contributed by atoms with E-state index in [0.29, 0.717) is 37.3 Å². The minimum absolute atomic E-state index is 0.104. The van der Waals surface area contributed by atoms with Gasteiger partial charge in [0.1, 0.15) is 5.75 Å². The summed E-state index contributed by atoms with van der Waals surface area (Å²) >= 11 is 0. The van der Waals surface area contributed by atoms with Crippen LogP contribution in [0.5, 0.6) is 5.75 Å². The highest BCUT2D eigenvalue weighted by molar-refractivity contribution is 5.29. The number of hydrogen-bond acceptors (Lipinski definition) is 5. The number of alkyl halides is 3. The highest BCUT2D eigenvalue weighted by Gasteiger charge is 2.31. The zero-order chi connectivity index (χ0) is 17.3. The van der Waals surface area contributed by atoms with E-state index in [4.69, 9.17) is 5.73 Å². The van der Waals surface area contributed by atoms with E-state index in [1.54, 1.807) is 12.1 Å². The maximum Gasteiger partial charge on any atom is 0.573 e. The molecule has 0 unspecified atom stereocenters. The molecule has 0 atom stereocenters. The van der Waals surface area contributed by atoms with Gasteiger partial charge in [0.2, 0.25) is 5.95 Å². The van der Waals surface area contributed by atoms with Crippen molar-refractivity contribution in [3.05, 3.63) is 51.4 Å². The minimum Gasteiger partial charge on any atom is -0.406 e. The molecule has 128 valence electrons. The van der Waals surface area contributed by atoms with Crippen molar-refractivity contribution in [1.29, 1.82) is 0 Å². The van der Waals surface area contributed by atoms with Gasteiger partial charge in [-0.25, -0.2) is 4.98 Å². The Morgan fingerprint density at radius 1 is 1.29 bits per heavy atom. The number of fused-ring (bicyclic) bond motifs is 1. The summed E-state index contributed by atoms with van der Waals surface area (Å²) in [6, 6.07) is 5.69. The topological polar surface area (TPSA) is 84.2 Å². The summed E-state index contributed by atoms with van der Waals surface area (Å²) in [6.07, 6.45) is -4.10. The van der Waals surface area contributed by atoms with Gasteiger partial charge in [-0.3, -0.25) is 14.7 Å². The Kier molecular flexibility index (Phi) is 4.18. The summed E-state index contributed by atoms with van der Waals surface area (Å²) in [5.74, 6) is -0.154. The van der Waals surface area contributed by atoms with Crippen LogP contribution in [0.3, 0.4) is 0 Å². The van der Waals surface area contributed by atoms with Crippen molar-refractivity contribution >= 4 is 5.95 Å². The number of ether oxygens (including phenoxy) is 1. The quantitative estimate of drug-likeness (QED) is 0.890. The van der Waals surface area contributed by atoms with Gasteiger partial charge in [0.15, 0.2) is 0 Å². The van der Waals surface area contributed by atoms with Gasteiger partial charge < -0.3 is 10.5 Å². The van der Waals surface area contributed by atoms with Crippen molar-refractivity contribution in [3.8, 4) is 5.75 Å². The molecule has 0 amide bonds. The second-order valence-electron chi connectivity index (χ2n) is 5.53. The number of halogens is 3. The lowest BCUT2D eigenvalue weighted by molar-refractivity contribution is -0.274. The standard InChI is InChI=1S/C15H15F3N4O2/c16-15(17,18)24-10-3-1-9(2-4-10)7-22-6-5-12-11(8-22)13(23)21-14(19)20-12/h1-4H,5-8H2,(H3,19,20,21,23). The van der Waals surface area contributed by atoms with Crippen LogP contribution >= 0.6 is 0 Å². The number of aromatic nitrogens is 2. The lowest BCUT2D eigenvalue weighted by Crippen LogP contribution is -2.35. The van der Waals surface area contributed by atoms with E-state index >= 15 is 0 Å².